The third-order valence-corrected chi connectivity index (χ3v) is 2.79. The smallest absolute Gasteiger partial charge is 0.357 e. The van der Waals surface area contributed by atoms with Crippen LogP contribution in [0, 0.1) is 6.92 Å². The first-order valence-corrected chi connectivity index (χ1v) is 5.55. The minimum Gasteiger partial charge on any atom is -0.476 e. The van der Waals surface area contributed by atoms with Crippen LogP contribution >= 0.6 is 11.3 Å². The van der Waals surface area contributed by atoms with E-state index in [1.807, 2.05) is 31.2 Å². The van der Waals surface area contributed by atoms with Crippen LogP contribution in [0.15, 0.2) is 29.8 Å². The molecule has 0 radical (unpaired) electrons. The van der Waals surface area contributed by atoms with Gasteiger partial charge in [-0.1, -0.05) is 12.1 Å². The van der Waals surface area contributed by atoms with E-state index in [0.29, 0.717) is 5.00 Å². The second-order valence-electron chi connectivity index (χ2n) is 3.33. The van der Waals surface area contributed by atoms with Gasteiger partial charge in [-0.05, 0) is 24.6 Å². The fourth-order valence-electron chi connectivity index (χ4n) is 1.34. The van der Waals surface area contributed by atoms with Gasteiger partial charge >= 0.3 is 5.97 Å². The van der Waals surface area contributed by atoms with Crippen LogP contribution in [0.2, 0.25) is 0 Å². The molecule has 0 bridgehead atoms. The van der Waals surface area contributed by atoms with Crippen molar-refractivity contribution in [3.8, 4) is 0 Å². The van der Waals surface area contributed by atoms with Gasteiger partial charge in [0.15, 0.2) is 5.69 Å². The van der Waals surface area contributed by atoms with Crippen molar-refractivity contribution in [3.05, 3.63) is 41.0 Å². The van der Waals surface area contributed by atoms with Gasteiger partial charge in [0.25, 0.3) is 0 Å². The third-order valence-electron chi connectivity index (χ3n) is 2.05. The molecular weight excluding hydrogens is 224 g/mol. The Morgan fingerprint density at radius 1 is 1.50 bits per heavy atom. The summed E-state index contributed by atoms with van der Waals surface area (Å²) in [5.41, 5.74) is 3.56. The minimum absolute atomic E-state index is 0.0616. The van der Waals surface area contributed by atoms with Crippen molar-refractivity contribution in [2.24, 2.45) is 0 Å². The summed E-state index contributed by atoms with van der Waals surface area (Å²) < 4.78 is 0. The third kappa shape index (κ3) is 2.20. The van der Waals surface area contributed by atoms with E-state index in [2.05, 4.69) is 10.3 Å². The number of aromatic carboxylic acids is 1. The standard InChI is InChI=1S/C11H10N2O2S/c1-7-3-2-4-8(5-7)13-10-9(11(14)15)12-6-16-10/h2-6,13H,1H3,(H,14,15). The zero-order chi connectivity index (χ0) is 11.5. The van der Waals surface area contributed by atoms with Gasteiger partial charge in [0, 0.05) is 5.69 Å². The number of carbonyl (C=O) groups is 1. The molecule has 0 saturated carbocycles. The van der Waals surface area contributed by atoms with E-state index in [-0.39, 0.29) is 5.69 Å². The van der Waals surface area contributed by atoms with Gasteiger partial charge in [0.05, 0.1) is 5.51 Å². The van der Waals surface area contributed by atoms with Gasteiger partial charge < -0.3 is 10.4 Å². The lowest BCUT2D eigenvalue weighted by Gasteiger charge is -2.04. The fraction of sp³-hybridized carbons (Fsp3) is 0.0909. The molecule has 16 heavy (non-hydrogen) atoms. The zero-order valence-corrected chi connectivity index (χ0v) is 9.41. The number of rotatable bonds is 3. The van der Waals surface area contributed by atoms with Crippen LogP contribution in [-0.2, 0) is 0 Å². The Hall–Kier alpha value is -1.88. The molecule has 2 N–H and O–H groups in total. The Kier molecular flexibility index (Phi) is 2.87. The molecule has 2 aromatic rings. The summed E-state index contributed by atoms with van der Waals surface area (Å²) >= 11 is 1.28. The number of nitrogens with one attached hydrogen (secondary N) is 1. The van der Waals surface area contributed by atoms with E-state index >= 15 is 0 Å². The number of carboxylic acid groups (broad SMARTS) is 1. The quantitative estimate of drug-likeness (QED) is 0.857. The molecule has 5 heteroatoms. The summed E-state index contributed by atoms with van der Waals surface area (Å²) in [6.45, 7) is 1.98. The van der Waals surface area contributed by atoms with E-state index in [1.54, 1.807) is 0 Å². The van der Waals surface area contributed by atoms with Gasteiger partial charge in [0.1, 0.15) is 5.00 Å². The van der Waals surface area contributed by atoms with Crippen molar-refractivity contribution >= 4 is 28.0 Å². The summed E-state index contributed by atoms with van der Waals surface area (Å²) in [7, 11) is 0. The normalized spacial score (nSPS) is 10.1. The number of nitrogens with zero attached hydrogens (tertiary/aromatic N) is 1. The second-order valence-corrected chi connectivity index (χ2v) is 4.18. The number of anilines is 2. The summed E-state index contributed by atoms with van der Waals surface area (Å²) in [5, 5.41) is 12.5. The number of hydrogen-bond acceptors (Lipinski definition) is 4. The molecule has 4 nitrogen and oxygen atoms in total. The first-order chi connectivity index (χ1) is 7.66. The van der Waals surface area contributed by atoms with Crippen LogP contribution in [0.4, 0.5) is 10.7 Å². The molecule has 0 aliphatic carbocycles. The Morgan fingerprint density at radius 3 is 3.00 bits per heavy atom. The van der Waals surface area contributed by atoms with Crippen LogP contribution in [-0.4, -0.2) is 16.1 Å². The number of benzene rings is 1. The molecule has 0 saturated heterocycles. The lowest BCUT2D eigenvalue weighted by molar-refractivity contribution is 0.0692. The van der Waals surface area contributed by atoms with Crippen LogP contribution in [0.25, 0.3) is 0 Å². The van der Waals surface area contributed by atoms with Crippen LogP contribution in [0.3, 0.4) is 0 Å². The largest absolute Gasteiger partial charge is 0.476 e. The average molecular weight is 234 g/mol. The number of hydrogen-bond donors (Lipinski definition) is 2. The predicted octanol–water partition coefficient (Wildman–Crippen LogP) is 2.89. The second kappa shape index (κ2) is 4.32. The molecule has 0 spiro atoms. The summed E-state index contributed by atoms with van der Waals surface area (Å²) in [6.07, 6.45) is 0. The van der Waals surface area contributed by atoms with Crippen molar-refractivity contribution in [3.63, 3.8) is 0 Å². The number of aryl methyl sites for hydroxylation is 1. The molecule has 2 rings (SSSR count). The summed E-state index contributed by atoms with van der Waals surface area (Å²) in [5.74, 6) is -1.02. The lowest BCUT2D eigenvalue weighted by atomic mass is 10.2. The molecular formula is C11H10N2O2S. The SMILES string of the molecule is Cc1cccc(Nc2scnc2C(=O)O)c1. The molecule has 1 heterocycles. The van der Waals surface area contributed by atoms with Gasteiger partial charge in [-0.3, -0.25) is 0 Å². The highest BCUT2D eigenvalue weighted by atomic mass is 32.1. The predicted molar refractivity (Wildman–Crippen MR) is 63.5 cm³/mol. The lowest BCUT2D eigenvalue weighted by Crippen LogP contribution is -2.00. The van der Waals surface area contributed by atoms with E-state index in [4.69, 9.17) is 5.11 Å². The number of carboxylic acids is 1. The monoisotopic (exact) mass is 234 g/mol. The maximum atomic E-state index is 10.8. The zero-order valence-electron chi connectivity index (χ0n) is 8.60. The van der Waals surface area contributed by atoms with Gasteiger partial charge in [-0.25, -0.2) is 9.78 Å². The molecule has 0 fully saturated rings. The van der Waals surface area contributed by atoms with Crippen LogP contribution in [0.1, 0.15) is 16.1 Å². The Bertz CT molecular complexity index is 522. The highest BCUT2D eigenvalue weighted by Crippen LogP contribution is 2.25. The van der Waals surface area contributed by atoms with E-state index in [1.165, 1.54) is 16.8 Å². The van der Waals surface area contributed by atoms with Gasteiger partial charge in [-0.2, -0.15) is 0 Å². The number of aromatic nitrogens is 1. The summed E-state index contributed by atoms with van der Waals surface area (Å²) in [4.78, 5) is 14.6. The summed E-state index contributed by atoms with van der Waals surface area (Å²) in [6, 6.07) is 7.73. The first-order valence-electron chi connectivity index (χ1n) is 4.67. The fourth-order valence-corrected chi connectivity index (χ4v) is 2.03. The molecule has 1 aromatic heterocycles. The molecule has 0 atom stereocenters. The molecule has 0 unspecified atom stereocenters. The molecule has 1 aromatic carbocycles. The van der Waals surface area contributed by atoms with Crippen molar-refractivity contribution in [1.29, 1.82) is 0 Å². The van der Waals surface area contributed by atoms with Crippen molar-refractivity contribution in [2.45, 2.75) is 6.92 Å². The Balaban J connectivity index is 2.27. The minimum atomic E-state index is -1.02. The molecule has 82 valence electrons. The highest BCUT2D eigenvalue weighted by Gasteiger charge is 2.13. The van der Waals surface area contributed by atoms with Crippen LogP contribution in [0.5, 0.6) is 0 Å². The maximum absolute atomic E-state index is 10.8. The Labute approximate surface area is 96.6 Å². The molecule has 0 amide bonds. The van der Waals surface area contributed by atoms with Crippen LogP contribution < -0.4 is 5.32 Å². The van der Waals surface area contributed by atoms with Crippen molar-refractivity contribution in [1.82, 2.24) is 4.98 Å². The van der Waals surface area contributed by atoms with Gasteiger partial charge in [-0.15, -0.1) is 11.3 Å². The maximum Gasteiger partial charge on any atom is 0.357 e. The highest BCUT2D eigenvalue weighted by molar-refractivity contribution is 7.14. The van der Waals surface area contributed by atoms with E-state index in [9.17, 15) is 4.79 Å². The Morgan fingerprint density at radius 2 is 2.31 bits per heavy atom. The van der Waals surface area contributed by atoms with E-state index < -0.39 is 5.97 Å². The molecule has 0 aliphatic heterocycles. The van der Waals surface area contributed by atoms with Crippen molar-refractivity contribution in [2.75, 3.05) is 5.32 Å². The first kappa shape index (κ1) is 10.6. The van der Waals surface area contributed by atoms with Gasteiger partial charge in [0.2, 0.25) is 0 Å². The van der Waals surface area contributed by atoms with Crippen molar-refractivity contribution < 1.29 is 9.90 Å². The number of thiazole rings is 1. The topological polar surface area (TPSA) is 62.2 Å². The average Bonchev–Trinajstić information content (AvgIpc) is 2.66. The molecule has 0 aliphatic rings. The van der Waals surface area contributed by atoms with E-state index in [0.717, 1.165) is 11.3 Å².